The number of ether oxygens (including phenoxy) is 1. The van der Waals surface area contributed by atoms with Crippen molar-refractivity contribution in [1.29, 1.82) is 0 Å². The number of rotatable bonds is 5. The Kier molecular flexibility index (Phi) is 6.69. The molecule has 0 aliphatic rings. The molecule has 0 radical (unpaired) electrons. The third-order valence-electron chi connectivity index (χ3n) is 7.12. The number of hydrogen-bond acceptors (Lipinski definition) is 5. The molecule has 0 saturated carbocycles. The van der Waals surface area contributed by atoms with Crippen molar-refractivity contribution in [2.24, 2.45) is 0 Å². The minimum Gasteiger partial charge on any atom is -0.443 e. The fourth-order valence-electron chi connectivity index (χ4n) is 5.09. The van der Waals surface area contributed by atoms with Crippen molar-refractivity contribution in [2.45, 2.75) is 39.8 Å². The van der Waals surface area contributed by atoms with Gasteiger partial charge in [0.25, 0.3) is 0 Å². The van der Waals surface area contributed by atoms with Gasteiger partial charge in [-0.05, 0) is 68.7 Å². The Morgan fingerprint density at radius 2 is 1.62 bits per heavy atom. The van der Waals surface area contributed by atoms with Crippen LogP contribution in [-0.2, 0) is 11.3 Å². The number of aryl methyl sites for hydroxylation is 1. The highest BCUT2D eigenvalue weighted by Gasteiger charge is 2.24. The summed E-state index contributed by atoms with van der Waals surface area (Å²) in [7, 11) is 0. The van der Waals surface area contributed by atoms with Gasteiger partial charge in [-0.15, -0.1) is 0 Å². The summed E-state index contributed by atoms with van der Waals surface area (Å²) in [6.45, 7) is 7.93. The molecule has 210 valence electrons. The molecule has 0 bridgehead atoms. The van der Waals surface area contributed by atoms with Crippen molar-refractivity contribution in [2.75, 3.05) is 0 Å². The Morgan fingerprint density at radius 1 is 0.905 bits per heavy atom. The van der Waals surface area contributed by atoms with E-state index in [9.17, 15) is 14.0 Å². The number of carbonyl (C=O) groups excluding carboxylic acids is 2. The summed E-state index contributed by atoms with van der Waals surface area (Å²) in [6.07, 6.45) is 4.45. The number of fused-ring (bicyclic) bond motifs is 2. The molecule has 3 aromatic heterocycles. The Hall–Kier alpha value is -5.11. The van der Waals surface area contributed by atoms with Gasteiger partial charge < -0.3 is 9.30 Å². The van der Waals surface area contributed by atoms with Crippen molar-refractivity contribution in [3.8, 4) is 11.1 Å². The van der Waals surface area contributed by atoms with Crippen LogP contribution < -0.4 is 0 Å². The zero-order valence-corrected chi connectivity index (χ0v) is 23.8. The highest BCUT2D eigenvalue weighted by Crippen LogP contribution is 2.30. The van der Waals surface area contributed by atoms with E-state index < -0.39 is 11.7 Å². The van der Waals surface area contributed by atoms with E-state index in [0.29, 0.717) is 28.6 Å². The zero-order valence-electron chi connectivity index (χ0n) is 23.8. The number of hydrogen-bond donors (Lipinski definition) is 0. The van der Waals surface area contributed by atoms with Crippen LogP contribution in [0.25, 0.3) is 33.1 Å². The van der Waals surface area contributed by atoms with E-state index in [1.165, 1.54) is 16.7 Å². The maximum Gasteiger partial charge on any atom is 0.419 e. The third-order valence-corrected chi connectivity index (χ3v) is 7.12. The van der Waals surface area contributed by atoms with E-state index in [1.54, 1.807) is 63.6 Å². The second-order valence-electron chi connectivity index (χ2n) is 11.3. The Morgan fingerprint density at radius 3 is 2.33 bits per heavy atom. The molecule has 7 nitrogen and oxygen atoms in total. The van der Waals surface area contributed by atoms with Crippen molar-refractivity contribution < 1.29 is 18.7 Å². The average Bonchev–Trinajstić information content (AvgIpc) is 3.50. The Labute approximate surface area is 242 Å². The molecule has 0 amide bonds. The topological polar surface area (TPSA) is 79.0 Å². The molecule has 0 fully saturated rings. The van der Waals surface area contributed by atoms with E-state index in [2.05, 4.69) is 14.5 Å². The molecular formula is C34H29FN4O3. The fraction of sp³-hybridized carbons (Fsp3) is 0.176. The van der Waals surface area contributed by atoms with Crippen molar-refractivity contribution >= 4 is 33.8 Å². The van der Waals surface area contributed by atoms with Crippen LogP contribution in [0.4, 0.5) is 9.18 Å². The number of pyridine rings is 1. The SMILES string of the molecule is Cc1nc2cnccc2n1Cc1ccc(C(=O)c2cn(C(=O)OC(C)(C)C)c3cc(-c4ccc(F)cc4)ccc23)cc1. The van der Waals surface area contributed by atoms with E-state index in [0.717, 1.165) is 33.5 Å². The van der Waals surface area contributed by atoms with Gasteiger partial charge in [-0.25, -0.2) is 14.2 Å². The first kappa shape index (κ1) is 27.1. The van der Waals surface area contributed by atoms with Gasteiger partial charge in [0.1, 0.15) is 22.8 Å². The fourth-order valence-corrected chi connectivity index (χ4v) is 5.09. The summed E-state index contributed by atoms with van der Waals surface area (Å²) < 4.78 is 22.7. The largest absolute Gasteiger partial charge is 0.443 e. The van der Waals surface area contributed by atoms with Crippen LogP contribution in [0, 0.1) is 12.7 Å². The van der Waals surface area contributed by atoms with Crippen LogP contribution in [0.15, 0.2) is 91.4 Å². The standard InChI is InChI=1S/C34H29FN4O3/c1-21-37-29-18-36-16-15-30(29)38(21)19-22-5-7-24(8-6-22)32(40)28-20-39(33(41)42-34(2,3)4)31-17-25(11-14-27(28)31)23-9-12-26(35)13-10-23/h5-18,20H,19H2,1-4H3. The first-order valence-corrected chi connectivity index (χ1v) is 13.6. The molecule has 0 spiro atoms. The molecule has 0 saturated heterocycles. The van der Waals surface area contributed by atoms with Gasteiger partial charge >= 0.3 is 6.09 Å². The lowest BCUT2D eigenvalue weighted by Gasteiger charge is -2.19. The van der Waals surface area contributed by atoms with Crippen LogP contribution in [0.3, 0.4) is 0 Å². The van der Waals surface area contributed by atoms with Gasteiger partial charge in [0.05, 0.1) is 17.2 Å². The highest BCUT2D eigenvalue weighted by molar-refractivity contribution is 6.17. The summed E-state index contributed by atoms with van der Waals surface area (Å²) in [5.41, 5.74) is 5.12. The summed E-state index contributed by atoms with van der Waals surface area (Å²) >= 11 is 0. The van der Waals surface area contributed by atoms with Crippen LogP contribution >= 0.6 is 0 Å². The van der Waals surface area contributed by atoms with Crippen LogP contribution in [0.2, 0.25) is 0 Å². The lowest BCUT2D eigenvalue weighted by atomic mass is 9.99. The van der Waals surface area contributed by atoms with E-state index in [1.807, 2.05) is 43.3 Å². The van der Waals surface area contributed by atoms with Gasteiger partial charge in [0, 0.05) is 35.5 Å². The van der Waals surface area contributed by atoms with Crippen molar-refractivity contribution in [1.82, 2.24) is 19.1 Å². The summed E-state index contributed by atoms with van der Waals surface area (Å²) in [4.78, 5) is 35.8. The number of carbonyl (C=O) groups is 2. The normalized spacial score (nSPS) is 11.7. The number of halogens is 1. The molecule has 0 aliphatic carbocycles. The smallest absolute Gasteiger partial charge is 0.419 e. The van der Waals surface area contributed by atoms with Gasteiger partial charge in [0.15, 0.2) is 5.78 Å². The predicted molar refractivity (Wildman–Crippen MR) is 160 cm³/mol. The second-order valence-corrected chi connectivity index (χ2v) is 11.3. The molecule has 0 N–H and O–H groups in total. The molecular weight excluding hydrogens is 531 g/mol. The molecule has 42 heavy (non-hydrogen) atoms. The quantitative estimate of drug-likeness (QED) is 0.203. The highest BCUT2D eigenvalue weighted by atomic mass is 19.1. The number of imidazole rings is 1. The number of aromatic nitrogens is 4. The molecule has 0 atom stereocenters. The van der Waals surface area contributed by atoms with Crippen molar-refractivity contribution in [3.05, 3.63) is 120 Å². The lowest BCUT2D eigenvalue weighted by Crippen LogP contribution is -2.26. The first-order chi connectivity index (χ1) is 20.1. The predicted octanol–water partition coefficient (Wildman–Crippen LogP) is 7.56. The molecule has 0 aliphatic heterocycles. The Balaban J connectivity index is 1.35. The average molecular weight is 561 g/mol. The first-order valence-electron chi connectivity index (χ1n) is 13.6. The number of ketones is 1. The van der Waals surface area contributed by atoms with E-state index in [4.69, 9.17) is 4.74 Å². The lowest BCUT2D eigenvalue weighted by molar-refractivity contribution is 0.0544. The maximum absolute atomic E-state index is 13.8. The summed E-state index contributed by atoms with van der Waals surface area (Å²) in [5, 5.41) is 0.620. The monoisotopic (exact) mass is 560 g/mol. The van der Waals surface area contributed by atoms with Gasteiger partial charge in [0.2, 0.25) is 0 Å². The van der Waals surface area contributed by atoms with Gasteiger partial charge in [-0.2, -0.15) is 0 Å². The maximum atomic E-state index is 13.8. The summed E-state index contributed by atoms with van der Waals surface area (Å²) in [6, 6.07) is 21.0. The van der Waals surface area contributed by atoms with Crippen LogP contribution in [0.5, 0.6) is 0 Å². The van der Waals surface area contributed by atoms with E-state index in [-0.39, 0.29) is 11.6 Å². The van der Waals surface area contributed by atoms with Crippen LogP contribution in [0.1, 0.15) is 48.1 Å². The third kappa shape index (κ3) is 5.19. The number of nitrogens with zero attached hydrogens (tertiary/aromatic N) is 4. The second kappa shape index (κ2) is 10.4. The van der Waals surface area contributed by atoms with Crippen molar-refractivity contribution in [3.63, 3.8) is 0 Å². The molecule has 6 aromatic rings. The van der Waals surface area contributed by atoms with Crippen LogP contribution in [-0.4, -0.2) is 36.6 Å². The minimum absolute atomic E-state index is 0.210. The van der Waals surface area contributed by atoms with Gasteiger partial charge in [-0.3, -0.25) is 14.3 Å². The minimum atomic E-state index is -0.725. The summed E-state index contributed by atoms with van der Waals surface area (Å²) in [5.74, 6) is 0.341. The van der Waals surface area contributed by atoms with E-state index >= 15 is 0 Å². The molecule has 6 rings (SSSR count). The number of benzene rings is 3. The molecule has 3 aromatic carbocycles. The molecule has 0 unspecified atom stereocenters. The Bertz CT molecular complexity index is 1960. The molecule has 8 heteroatoms. The zero-order chi connectivity index (χ0) is 29.6. The molecule has 3 heterocycles. The van der Waals surface area contributed by atoms with Gasteiger partial charge in [-0.1, -0.05) is 48.5 Å².